The fourth-order valence-electron chi connectivity index (χ4n) is 7.48. The number of carbonyl (C=O) groups is 4. The van der Waals surface area contributed by atoms with Crippen LogP contribution in [0.15, 0.2) is 48.7 Å². The SMILES string of the molecule is CC(C)(O)c1cnnn1[C@H]1C[C@@H](C(=O)NC(CCCCN)C(O)C(N)=O)N(C(=O)[C@@H](CC2CCCCC2)NC(=O)c2ccc3ccccc3c2)C1.Cl. The number of hydrogen-bond donors (Lipinski definition) is 6. The highest BCUT2D eigenvalue weighted by atomic mass is 35.5. The van der Waals surface area contributed by atoms with Crippen molar-refractivity contribution in [2.24, 2.45) is 17.4 Å². The van der Waals surface area contributed by atoms with Gasteiger partial charge in [-0.05, 0) is 68.5 Å². The Kier molecular flexibility index (Phi) is 14.1. The molecule has 0 radical (unpaired) electrons. The van der Waals surface area contributed by atoms with Crippen molar-refractivity contribution >= 4 is 46.8 Å². The van der Waals surface area contributed by atoms with Gasteiger partial charge in [-0.1, -0.05) is 74.1 Å². The van der Waals surface area contributed by atoms with Gasteiger partial charge in [-0.15, -0.1) is 17.5 Å². The topological polar surface area (TPSA) is 219 Å². The second-order valence-electron chi connectivity index (χ2n) is 14.6. The molecule has 1 aliphatic heterocycles. The van der Waals surface area contributed by atoms with Crippen molar-refractivity contribution < 1.29 is 29.4 Å². The maximum absolute atomic E-state index is 14.7. The van der Waals surface area contributed by atoms with Gasteiger partial charge >= 0.3 is 0 Å². The van der Waals surface area contributed by atoms with E-state index in [2.05, 4.69) is 20.9 Å². The highest BCUT2D eigenvalue weighted by molar-refractivity contribution is 6.01. The Hall–Kier alpha value is -4.11. The number of aliphatic hydroxyl groups excluding tert-OH is 1. The summed E-state index contributed by atoms with van der Waals surface area (Å²) in [6.07, 6.45) is 6.79. The van der Waals surface area contributed by atoms with Crippen molar-refractivity contribution in [2.75, 3.05) is 13.1 Å². The van der Waals surface area contributed by atoms with Gasteiger partial charge in [0.05, 0.1) is 24.0 Å². The number of aliphatic hydroxyl groups is 2. The van der Waals surface area contributed by atoms with Crippen molar-refractivity contribution in [1.29, 1.82) is 0 Å². The molecule has 5 rings (SSSR count). The number of rotatable bonds is 15. The molecule has 2 fully saturated rings. The van der Waals surface area contributed by atoms with Gasteiger partial charge in [0, 0.05) is 18.5 Å². The Balaban J connectivity index is 0.00000605. The van der Waals surface area contributed by atoms with Gasteiger partial charge in [0.1, 0.15) is 17.7 Å². The number of nitrogens with zero attached hydrogens (tertiary/aromatic N) is 4. The van der Waals surface area contributed by atoms with E-state index in [0.717, 1.165) is 42.9 Å². The van der Waals surface area contributed by atoms with Crippen LogP contribution < -0.4 is 22.1 Å². The van der Waals surface area contributed by atoms with Crippen LogP contribution in [-0.4, -0.2) is 91.1 Å². The van der Waals surface area contributed by atoms with Crippen LogP contribution in [0.25, 0.3) is 10.8 Å². The van der Waals surface area contributed by atoms with E-state index in [-0.39, 0.29) is 37.7 Å². The molecule has 52 heavy (non-hydrogen) atoms. The van der Waals surface area contributed by atoms with Crippen LogP contribution in [0.2, 0.25) is 0 Å². The second kappa shape index (κ2) is 18.1. The largest absolute Gasteiger partial charge is 0.384 e. The van der Waals surface area contributed by atoms with Crippen LogP contribution >= 0.6 is 12.4 Å². The van der Waals surface area contributed by atoms with E-state index in [0.29, 0.717) is 37.1 Å². The number of nitrogens with two attached hydrogens (primary N) is 2. The molecule has 1 aliphatic carbocycles. The molecule has 15 heteroatoms. The van der Waals surface area contributed by atoms with Gasteiger partial charge in [-0.2, -0.15) is 0 Å². The van der Waals surface area contributed by atoms with Gasteiger partial charge < -0.3 is 37.2 Å². The number of likely N-dealkylation sites (tertiary alicyclic amines) is 1. The monoisotopic (exact) mass is 740 g/mol. The summed E-state index contributed by atoms with van der Waals surface area (Å²) >= 11 is 0. The van der Waals surface area contributed by atoms with Crippen LogP contribution in [0.4, 0.5) is 0 Å². The number of nitrogens with one attached hydrogen (secondary N) is 2. The number of aromatic nitrogens is 3. The quantitative estimate of drug-likeness (QED) is 0.126. The Morgan fingerprint density at radius 3 is 2.40 bits per heavy atom. The minimum atomic E-state index is -1.65. The smallest absolute Gasteiger partial charge is 0.251 e. The van der Waals surface area contributed by atoms with Gasteiger partial charge in [0.25, 0.3) is 5.91 Å². The maximum atomic E-state index is 14.7. The van der Waals surface area contributed by atoms with Crippen LogP contribution in [0.3, 0.4) is 0 Å². The van der Waals surface area contributed by atoms with Crippen LogP contribution in [0.5, 0.6) is 0 Å². The zero-order valence-electron chi connectivity index (χ0n) is 29.9. The number of carbonyl (C=O) groups excluding carboxylic acids is 4. The summed E-state index contributed by atoms with van der Waals surface area (Å²) in [4.78, 5) is 56.1. The number of amides is 4. The summed E-state index contributed by atoms with van der Waals surface area (Å²) in [5.74, 6) is -2.16. The lowest BCUT2D eigenvalue weighted by molar-refractivity contribution is -0.141. The highest BCUT2D eigenvalue weighted by Crippen LogP contribution is 2.34. The molecule has 2 heterocycles. The zero-order chi connectivity index (χ0) is 36.7. The molecule has 2 aromatic carbocycles. The molecular formula is C37H53ClN8O6. The summed E-state index contributed by atoms with van der Waals surface area (Å²) in [6.45, 7) is 3.65. The number of fused-ring (bicyclic) bond motifs is 1. The Morgan fingerprint density at radius 2 is 1.73 bits per heavy atom. The van der Waals surface area contributed by atoms with Crippen molar-refractivity contribution in [3.8, 4) is 0 Å². The van der Waals surface area contributed by atoms with Crippen molar-refractivity contribution in [1.82, 2.24) is 30.5 Å². The molecule has 0 spiro atoms. The predicted molar refractivity (Wildman–Crippen MR) is 198 cm³/mol. The molecular weight excluding hydrogens is 688 g/mol. The highest BCUT2D eigenvalue weighted by Gasteiger charge is 2.45. The molecule has 2 aliphatic rings. The fourth-order valence-corrected chi connectivity index (χ4v) is 7.48. The van der Waals surface area contributed by atoms with Crippen molar-refractivity contribution in [3.63, 3.8) is 0 Å². The molecule has 1 saturated heterocycles. The maximum Gasteiger partial charge on any atom is 0.251 e. The molecule has 1 aromatic heterocycles. The molecule has 1 saturated carbocycles. The van der Waals surface area contributed by atoms with E-state index >= 15 is 0 Å². The van der Waals surface area contributed by atoms with Gasteiger partial charge in [0.2, 0.25) is 17.7 Å². The van der Waals surface area contributed by atoms with Gasteiger partial charge in [-0.3, -0.25) is 19.2 Å². The van der Waals surface area contributed by atoms with Crippen LogP contribution in [0, 0.1) is 5.92 Å². The fraction of sp³-hybridized carbons (Fsp3) is 0.568. The van der Waals surface area contributed by atoms with E-state index in [9.17, 15) is 29.4 Å². The molecule has 14 nitrogen and oxygen atoms in total. The van der Waals surface area contributed by atoms with E-state index in [1.807, 2.05) is 30.3 Å². The molecule has 4 amide bonds. The number of benzene rings is 2. The van der Waals surface area contributed by atoms with Crippen LogP contribution in [0.1, 0.15) is 100 Å². The molecule has 284 valence electrons. The Bertz CT molecular complexity index is 1690. The summed E-state index contributed by atoms with van der Waals surface area (Å²) in [7, 11) is 0. The molecule has 3 aromatic rings. The first-order valence-electron chi connectivity index (χ1n) is 18.1. The average Bonchev–Trinajstić information content (AvgIpc) is 3.79. The third-order valence-electron chi connectivity index (χ3n) is 10.3. The summed E-state index contributed by atoms with van der Waals surface area (Å²) in [6, 6.07) is 9.60. The Morgan fingerprint density at radius 1 is 1.02 bits per heavy atom. The Labute approximate surface area is 310 Å². The number of hydrogen-bond acceptors (Lipinski definition) is 9. The van der Waals surface area contributed by atoms with Gasteiger partial charge in [-0.25, -0.2) is 4.68 Å². The molecule has 0 bridgehead atoms. The lowest BCUT2D eigenvalue weighted by atomic mass is 9.84. The van der Waals surface area contributed by atoms with Crippen molar-refractivity contribution in [3.05, 3.63) is 59.9 Å². The normalized spacial score (nSPS) is 19.8. The van der Waals surface area contributed by atoms with E-state index in [4.69, 9.17) is 11.5 Å². The first-order chi connectivity index (χ1) is 24.4. The lowest BCUT2D eigenvalue weighted by Crippen LogP contribution is -2.57. The third-order valence-corrected chi connectivity index (χ3v) is 10.3. The minimum Gasteiger partial charge on any atom is -0.384 e. The molecule has 5 atom stereocenters. The van der Waals surface area contributed by atoms with E-state index < -0.39 is 59.5 Å². The average molecular weight is 741 g/mol. The standard InChI is InChI=1S/C37H52N8O6.ClH/c1-37(2,51)31-21-40-43-45(31)27-20-30(35(49)41-28(14-8-9-17-38)32(46)33(39)47)44(22-27)36(50)29(18-23-10-4-3-5-11-23)42-34(48)26-16-15-24-12-6-7-13-25(24)19-26;/h6-7,12-13,15-16,19,21,23,27-30,32,46,51H,3-5,8-11,14,17-18,20,22,38H2,1-2H3,(H2,39,47)(H,41,49)(H,42,48);1H/t27-,28?,29+,30-,32?;/m0./s1. The first kappa shape index (κ1) is 40.7. The lowest BCUT2D eigenvalue weighted by Gasteiger charge is -2.32. The summed E-state index contributed by atoms with van der Waals surface area (Å²) in [5, 5.41) is 37.4. The molecule has 8 N–H and O–H groups in total. The minimum absolute atomic E-state index is 0. The van der Waals surface area contributed by atoms with Crippen molar-refractivity contribution in [2.45, 2.75) is 114 Å². The van der Waals surface area contributed by atoms with Crippen LogP contribution in [-0.2, 0) is 20.0 Å². The number of halogens is 1. The van der Waals surface area contributed by atoms with E-state index in [1.165, 1.54) is 15.8 Å². The van der Waals surface area contributed by atoms with Gasteiger partial charge in [0.15, 0.2) is 6.10 Å². The number of primary amides is 1. The van der Waals surface area contributed by atoms with E-state index in [1.54, 1.807) is 26.0 Å². The zero-order valence-corrected chi connectivity index (χ0v) is 30.8. The summed E-state index contributed by atoms with van der Waals surface area (Å²) < 4.78 is 1.54. The first-order valence-corrected chi connectivity index (χ1v) is 18.1. The summed E-state index contributed by atoms with van der Waals surface area (Å²) in [5.41, 5.74) is 10.6. The predicted octanol–water partition coefficient (Wildman–Crippen LogP) is 2.45. The third kappa shape index (κ3) is 9.85. The second-order valence-corrected chi connectivity index (χ2v) is 14.6. The number of unbranched alkanes of at least 4 members (excludes halogenated alkanes) is 1. The molecule has 2 unspecified atom stereocenters.